The molecule has 0 aromatic rings. The third kappa shape index (κ3) is 2.48. The number of rotatable bonds is 3. The lowest BCUT2D eigenvalue weighted by Crippen LogP contribution is -2.47. The zero-order valence-electron chi connectivity index (χ0n) is 10.4. The smallest absolute Gasteiger partial charge is 0.321 e. The number of hydrogen-bond donors (Lipinski definition) is 0. The molecule has 1 saturated carbocycles. The van der Waals surface area contributed by atoms with Crippen molar-refractivity contribution in [3.8, 4) is 0 Å². The SMILES string of the molecule is COC(=O)C(C(=O)OC)C1(C)CCCCC1=O. The van der Waals surface area contributed by atoms with E-state index in [-0.39, 0.29) is 5.78 Å². The van der Waals surface area contributed by atoms with Gasteiger partial charge in [0.05, 0.1) is 19.6 Å². The minimum absolute atomic E-state index is 0.0652. The molecule has 1 rings (SSSR count). The highest BCUT2D eigenvalue weighted by Gasteiger charge is 2.51. The van der Waals surface area contributed by atoms with Crippen LogP contribution in [0.1, 0.15) is 32.6 Å². The van der Waals surface area contributed by atoms with E-state index in [4.69, 9.17) is 0 Å². The highest BCUT2D eigenvalue weighted by atomic mass is 16.5. The number of carbonyl (C=O) groups excluding carboxylic acids is 3. The molecule has 0 heterocycles. The minimum atomic E-state index is -1.15. The van der Waals surface area contributed by atoms with Crippen LogP contribution in [0.5, 0.6) is 0 Å². The van der Waals surface area contributed by atoms with Crippen molar-refractivity contribution in [1.82, 2.24) is 0 Å². The molecule has 0 amide bonds. The largest absolute Gasteiger partial charge is 0.468 e. The van der Waals surface area contributed by atoms with Crippen LogP contribution in [-0.2, 0) is 23.9 Å². The lowest BCUT2D eigenvalue weighted by molar-refractivity contribution is -0.169. The Morgan fingerprint density at radius 3 is 2.12 bits per heavy atom. The van der Waals surface area contributed by atoms with Crippen LogP contribution in [-0.4, -0.2) is 31.9 Å². The second-order valence-corrected chi connectivity index (χ2v) is 4.53. The summed E-state index contributed by atoms with van der Waals surface area (Å²) in [5.74, 6) is -2.61. The molecule has 0 N–H and O–H groups in total. The Kier molecular flexibility index (Phi) is 4.26. The highest BCUT2D eigenvalue weighted by molar-refractivity contribution is 6.02. The first-order valence-electron chi connectivity index (χ1n) is 5.66. The fraction of sp³-hybridized carbons (Fsp3) is 0.750. The lowest BCUT2D eigenvalue weighted by atomic mass is 9.66. The van der Waals surface area contributed by atoms with Crippen LogP contribution in [0.3, 0.4) is 0 Å². The summed E-state index contributed by atoms with van der Waals surface area (Å²) in [7, 11) is 2.41. The molecule has 0 saturated heterocycles. The average Bonchev–Trinajstić information content (AvgIpc) is 2.32. The van der Waals surface area contributed by atoms with Crippen molar-refractivity contribution in [3.05, 3.63) is 0 Å². The minimum Gasteiger partial charge on any atom is -0.468 e. The van der Waals surface area contributed by atoms with Crippen molar-refractivity contribution in [1.29, 1.82) is 0 Å². The predicted octanol–water partition coefficient (Wildman–Crippen LogP) is 1.10. The second kappa shape index (κ2) is 5.29. The molecule has 5 heteroatoms. The molecular weight excluding hydrogens is 224 g/mol. The van der Waals surface area contributed by atoms with Crippen molar-refractivity contribution < 1.29 is 23.9 Å². The molecule has 96 valence electrons. The number of ether oxygens (including phenoxy) is 2. The number of Topliss-reactive ketones (excluding diaryl/α,β-unsaturated/α-hetero) is 1. The van der Waals surface area contributed by atoms with Crippen LogP contribution in [0.4, 0.5) is 0 Å². The Labute approximate surface area is 100 Å². The van der Waals surface area contributed by atoms with Gasteiger partial charge in [-0.25, -0.2) is 0 Å². The van der Waals surface area contributed by atoms with Crippen molar-refractivity contribution in [2.75, 3.05) is 14.2 Å². The maximum absolute atomic E-state index is 12.0. The fourth-order valence-corrected chi connectivity index (χ4v) is 2.36. The predicted molar refractivity (Wildman–Crippen MR) is 59.1 cm³/mol. The maximum atomic E-state index is 12.0. The van der Waals surface area contributed by atoms with E-state index >= 15 is 0 Å². The van der Waals surface area contributed by atoms with E-state index in [0.29, 0.717) is 12.8 Å². The summed E-state index contributed by atoms with van der Waals surface area (Å²) in [6.07, 6.45) is 2.55. The standard InChI is InChI=1S/C12H18O5/c1-12(7-5-4-6-8(12)13)9(10(14)16-2)11(15)17-3/h9H,4-7H2,1-3H3. The van der Waals surface area contributed by atoms with Gasteiger partial charge in [-0.3, -0.25) is 14.4 Å². The van der Waals surface area contributed by atoms with Gasteiger partial charge in [0.1, 0.15) is 5.78 Å². The lowest BCUT2D eigenvalue weighted by Gasteiger charge is -2.35. The molecule has 0 spiro atoms. The number of esters is 2. The first kappa shape index (κ1) is 13.7. The van der Waals surface area contributed by atoms with E-state index in [1.54, 1.807) is 6.92 Å². The van der Waals surface area contributed by atoms with E-state index in [0.717, 1.165) is 12.8 Å². The quantitative estimate of drug-likeness (QED) is 0.547. The van der Waals surface area contributed by atoms with Crippen molar-refractivity contribution in [2.45, 2.75) is 32.6 Å². The summed E-state index contributed by atoms with van der Waals surface area (Å²) in [6, 6.07) is 0. The third-order valence-electron chi connectivity index (χ3n) is 3.50. The van der Waals surface area contributed by atoms with Gasteiger partial charge < -0.3 is 9.47 Å². The number of ketones is 1. The maximum Gasteiger partial charge on any atom is 0.321 e. The molecule has 5 nitrogen and oxygen atoms in total. The summed E-state index contributed by atoms with van der Waals surface area (Å²) in [6.45, 7) is 1.65. The molecule has 1 aliphatic carbocycles. The molecule has 1 atom stereocenters. The van der Waals surface area contributed by atoms with E-state index in [1.807, 2.05) is 0 Å². The van der Waals surface area contributed by atoms with Gasteiger partial charge in [0.2, 0.25) is 0 Å². The van der Waals surface area contributed by atoms with Crippen LogP contribution < -0.4 is 0 Å². The van der Waals surface area contributed by atoms with E-state index in [2.05, 4.69) is 9.47 Å². The zero-order valence-corrected chi connectivity index (χ0v) is 10.4. The van der Waals surface area contributed by atoms with E-state index in [1.165, 1.54) is 14.2 Å². The topological polar surface area (TPSA) is 69.7 Å². The Morgan fingerprint density at radius 2 is 1.71 bits per heavy atom. The number of methoxy groups -OCH3 is 2. The molecule has 17 heavy (non-hydrogen) atoms. The fourth-order valence-electron chi connectivity index (χ4n) is 2.36. The summed E-state index contributed by atoms with van der Waals surface area (Å²) >= 11 is 0. The molecule has 0 radical (unpaired) electrons. The normalized spacial score (nSPS) is 24.6. The first-order chi connectivity index (χ1) is 7.97. The van der Waals surface area contributed by atoms with E-state index < -0.39 is 23.3 Å². The number of hydrogen-bond acceptors (Lipinski definition) is 5. The second-order valence-electron chi connectivity index (χ2n) is 4.53. The first-order valence-corrected chi connectivity index (χ1v) is 5.66. The van der Waals surface area contributed by atoms with Crippen LogP contribution in [0.15, 0.2) is 0 Å². The summed E-state index contributed by atoms with van der Waals surface area (Å²) < 4.78 is 9.22. The van der Waals surface area contributed by atoms with Gasteiger partial charge in [0.15, 0.2) is 5.92 Å². The summed E-state index contributed by atoms with van der Waals surface area (Å²) in [4.78, 5) is 35.4. The van der Waals surface area contributed by atoms with Crippen LogP contribution in [0.25, 0.3) is 0 Å². The van der Waals surface area contributed by atoms with E-state index in [9.17, 15) is 14.4 Å². The third-order valence-corrected chi connectivity index (χ3v) is 3.50. The number of carbonyl (C=O) groups is 3. The average molecular weight is 242 g/mol. The molecule has 0 aromatic carbocycles. The Morgan fingerprint density at radius 1 is 1.18 bits per heavy atom. The molecule has 1 aliphatic rings. The van der Waals surface area contributed by atoms with Gasteiger partial charge in [-0.2, -0.15) is 0 Å². The monoisotopic (exact) mass is 242 g/mol. The molecule has 1 fully saturated rings. The van der Waals surface area contributed by atoms with Gasteiger partial charge in [-0.15, -0.1) is 0 Å². The van der Waals surface area contributed by atoms with Gasteiger partial charge >= 0.3 is 11.9 Å². The van der Waals surface area contributed by atoms with Gasteiger partial charge in [0, 0.05) is 6.42 Å². The molecule has 1 unspecified atom stereocenters. The molecule has 0 aromatic heterocycles. The highest BCUT2D eigenvalue weighted by Crippen LogP contribution is 2.40. The van der Waals surface area contributed by atoms with Crippen LogP contribution in [0, 0.1) is 11.3 Å². The van der Waals surface area contributed by atoms with Crippen molar-refractivity contribution in [3.63, 3.8) is 0 Å². The molecular formula is C12H18O5. The Bertz CT molecular complexity index is 320. The molecule has 0 bridgehead atoms. The van der Waals surface area contributed by atoms with Gasteiger partial charge in [-0.05, 0) is 12.8 Å². The van der Waals surface area contributed by atoms with Crippen LogP contribution in [0.2, 0.25) is 0 Å². The van der Waals surface area contributed by atoms with Crippen molar-refractivity contribution >= 4 is 17.7 Å². The Balaban J connectivity index is 3.07. The summed E-state index contributed by atoms with van der Waals surface area (Å²) in [5, 5.41) is 0. The molecule has 0 aliphatic heterocycles. The van der Waals surface area contributed by atoms with Gasteiger partial charge in [0.25, 0.3) is 0 Å². The van der Waals surface area contributed by atoms with Crippen molar-refractivity contribution in [2.24, 2.45) is 11.3 Å². The summed E-state index contributed by atoms with van der Waals surface area (Å²) in [5.41, 5.74) is -0.988. The van der Waals surface area contributed by atoms with Gasteiger partial charge in [-0.1, -0.05) is 13.3 Å². The van der Waals surface area contributed by atoms with Crippen LogP contribution >= 0.6 is 0 Å². The zero-order chi connectivity index (χ0) is 13.1. The Hall–Kier alpha value is -1.39.